The van der Waals surface area contributed by atoms with Gasteiger partial charge in [0.1, 0.15) is 5.82 Å². The molecule has 0 aromatic heterocycles. The molecule has 4 rings (SSSR count). The molecule has 1 fully saturated rings. The highest BCUT2D eigenvalue weighted by Gasteiger charge is 2.35. The Hall–Kier alpha value is -4.23. The highest BCUT2D eigenvalue weighted by Crippen LogP contribution is 2.36. The summed E-state index contributed by atoms with van der Waals surface area (Å²) >= 11 is 0.721. The van der Waals surface area contributed by atoms with Gasteiger partial charge in [0, 0.05) is 6.07 Å². The maximum Gasteiger partial charge on any atom is 0.346 e. The number of halogens is 1. The molecule has 1 aliphatic rings. The molecule has 0 spiro atoms. The number of amides is 2. The van der Waals surface area contributed by atoms with Gasteiger partial charge in [0.15, 0.2) is 16.4 Å². The van der Waals surface area contributed by atoms with E-state index in [-0.39, 0.29) is 22.9 Å². The number of hydrogen-bond donors (Lipinski definition) is 0. The van der Waals surface area contributed by atoms with Crippen molar-refractivity contribution >= 4 is 44.8 Å². The molecule has 0 radical (unpaired) electrons. The van der Waals surface area contributed by atoms with Gasteiger partial charge in [-0.1, -0.05) is 30.3 Å². The average Bonchev–Trinajstić information content (AvgIpc) is 3.13. The van der Waals surface area contributed by atoms with Crippen LogP contribution in [0.15, 0.2) is 76.5 Å². The van der Waals surface area contributed by atoms with Crippen LogP contribution in [0.3, 0.4) is 0 Å². The average molecular weight is 545 g/mol. The molecular formula is C24H17FN2O8S2. The number of ether oxygens (including phenoxy) is 1. The number of methoxy groups -OCH3 is 1. The van der Waals surface area contributed by atoms with Crippen molar-refractivity contribution in [3.05, 3.63) is 98.7 Å². The van der Waals surface area contributed by atoms with Crippen molar-refractivity contribution in [1.29, 1.82) is 0 Å². The fourth-order valence-corrected chi connectivity index (χ4v) is 5.33. The smallest absolute Gasteiger partial charge is 0.346 e. The Morgan fingerprint density at radius 2 is 1.76 bits per heavy atom. The summed E-state index contributed by atoms with van der Waals surface area (Å²) in [5.74, 6) is -1.24. The number of carbonyl (C=O) groups excluding carboxylic acids is 2. The van der Waals surface area contributed by atoms with E-state index in [9.17, 15) is 32.5 Å². The van der Waals surface area contributed by atoms with Crippen LogP contribution in [0.2, 0.25) is 0 Å². The molecule has 0 saturated carbocycles. The van der Waals surface area contributed by atoms with Gasteiger partial charge in [0.2, 0.25) is 0 Å². The van der Waals surface area contributed by atoms with Crippen molar-refractivity contribution in [2.24, 2.45) is 0 Å². The number of benzene rings is 3. The van der Waals surface area contributed by atoms with Crippen LogP contribution in [-0.2, 0) is 21.5 Å². The lowest BCUT2D eigenvalue weighted by molar-refractivity contribution is -0.387. The molecule has 0 bridgehead atoms. The first kappa shape index (κ1) is 25.9. The monoisotopic (exact) mass is 544 g/mol. The van der Waals surface area contributed by atoms with Crippen molar-refractivity contribution in [2.75, 3.05) is 7.11 Å². The van der Waals surface area contributed by atoms with E-state index < -0.39 is 42.6 Å². The lowest BCUT2D eigenvalue weighted by atomic mass is 10.1. The largest absolute Gasteiger partial charge is 0.493 e. The van der Waals surface area contributed by atoms with Crippen molar-refractivity contribution in [1.82, 2.24) is 4.90 Å². The molecule has 1 heterocycles. The molecule has 0 atom stereocenters. The second-order valence-corrected chi connectivity index (χ2v) is 10.1. The summed E-state index contributed by atoms with van der Waals surface area (Å²) in [4.78, 5) is 36.1. The lowest BCUT2D eigenvalue weighted by Crippen LogP contribution is -2.27. The predicted molar refractivity (Wildman–Crippen MR) is 132 cm³/mol. The molecule has 0 aliphatic carbocycles. The maximum absolute atomic E-state index is 13.1. The molecule has 190 valence electrons. The number of rotatable bonds is 8. The van der Waals surface area contributed by atoms with Gasteiger partial charge in [0.25, 0.3) is 16.8 Å². The molecule has 3 aromatic rings. The normalized spacial score (nSPS) is 14.8. The van der Waals surface area contributed by atoms with Crippen LogP contribution in [0.25, 0.3) is 6.08 Å². The quantitative estimate of drug-likeness (QED) is 0.170. The van der Waals surface area contributed by atoms with Crippen molar-refractivity contribution in [2.45, 2.75) is 11.4 Å². The first-order chi connectivity index (χ1) is 17.6. The number of hydrogen-bond acceptors (Lipinski definition) is 9. The Morgan fingerprint density at radius 1 is 1.05 bits per heavy atom. The van der Waals surface area contributed by atoms with E-state index in [1.165, 1.54) is 67.8 Å². The molecule has 1 aliphatic heterocycles. The Bertz CT molecular complexity index is 1540. The van der Waals surface area contributed by atoms with E-state index in [0.717, 1.165) is 28.8 Å². The van der Waals surface area contributed by atoms with E-state index in [0.29, 0.717) is 11.1 Å². The molecule has 0 N–H and O–H groups in total. The first-order valence-electron chi connectivity index (χ1n) is 10.4. The molecule has 3 aromatic carbocycles. The highest BCUT2D eigenvalue weighted by molar-refractivity contribution is 8.18. The maximum atomic E-state index is 13.1. The molecule has 0 unspecified atom stereocenters. The van der Waals surface area contributed by atoms with Crippen LogP contribution >= 0.6 is 11.8 Å². The van der Waals surface area contributed by atoms with Gasteiger partial charge in [-0.3, -0.25) is 24.6 Å². The van der Waals surface area contributed by atoms with Gasteiger partial charge in [-0.05, 0) is 59.3 Å². The van der Waals surface area contributed by atoms with Crippen LogP contribution in [0, 0.1) is 15.9 Å². The van der Waals surface area contributed by atoms with E-state index in [2.05, 4.69) is 0 Å². The fraction of sp³-hybridized carbons (Fsp3) is 0.0833. The minimum atomic E-state index is -4.58. The Morgan fingerprint density at radius 3 is 2.43 bits per heavy atom. The SMILES string of the molecule is COc1cc(/C=C2\SC(=O)N(Cc3ccc(F)cc3)C2=O)ccc1OS(=O)(=O)c1ccccc1[N+](=O)[O-]. The van der Waals surface area contributed by atoms with Crippen LogP contribution in [0.5, 0.6) is 11.5 Å². The number of nitrogens with zero attached hydrogens (tertiary/aromatic N) is 2. The number of imide groups is 1. The van der Waals surface area contributed by atoms with E-state index >= 15 is 0 Å². The number of nitro groups is 1. The number of para-hydroxylation sites is 1. The van der Waals surface area contributed by atoms with Crippen molar-refractivity contribution in [3.63, 3.8) is 0 Å². The van der Waals surface area contributed by atoms with Crippen LogP contribution in [0.4, 0.5) is 14.9 Å². The van der Waals surface area contributed by atoms with E-state index in [1.54, 1.807) is 0 Å². The molecule has 37 heavy (non-hydrogen) atoms. The summed E-state index contributed by atoms with van der Waals surface area (Å²) in [7, 11) is -3.32. The third-order valence-electron chi connectivity index (χ3n) is 5.14. The predicted octanol–water partition coefficient (Wildman–Crippen LogP) is 4.75. The van der Waals surface area contributed by atoms with Crippen molar-refractivity contribution in [3.8, 4) is 11.5 Å². The molecular weight excluding hydrogens is 527 g/mol. The molecule has 1 saturated heterocycles. The number of nitro benzene ring substituents is 1. The summed E-state index contributed by atoms with van der Waals surface area (Å²) in [6, 6.07) is 14.2. The first-order valence-corrected chi connectivity index (χ1v) is 12.7. The second-order valence-electron chi connectivity index (χ2n) is 7.57. The van der Waals surface area contributed by atoms with Crippen LogP contribution in [-0.4, -0.2) is 36.5 Å². The topological polar surface area (TPSA) is 133 Å². The number of carbonyl (C=O) groups is 2. The Labute approximate surface area is 214 Å². The van der Waals surface area contributed by atoms with Gasteiger partial charge in [-0.25, -0.2) is 4.39 Å². The zero-order valence-electron chi connectivity index (χ0n) is 19.0. The highest BCUT2D eigenvalue weighted by atomic mass is 32.2. The summed E-state index contributed by atoms with van der Waals surface area (Å²) in [5, 5.41) is 10.7. The second kappa shape index (κ2) is 10.4. The summed E-state index contributed by atoms with van der Waals surface area (Å²) in [6.07, 6.45) is 1.43. The van der Waals surface area contributed by atoms with E-state index in [4.69, 9.17) is 8.92 Å². The fourth-order valence-electron chi connectivity index (χ4n) is 3.39. The summed E-state index contributed by atoms with van der Waals surface area (Å²) in [5.41, 5.74) is 0.335. The minimum Gasteiger partial charge on any atom is -0.493 e. The number of thioether (sulfide) groups is 1. The van der Waals surface area contributed by atoms with E-state index in [1.807, 2.05) is 0 Å². The molecule has 13 heteroatoms. The minimum absolute atomic E-state index is 0.0259. The lowest BCUT2D eigenvalue weighted by Gasteiger charge is -2.12. The third-order valence-corrected chi connectivity index (χ3v) is 7.33. The summed E-state index contributed by atoms with van der Waals surface area (Å²) in [6.45, 7) is -0.0259. The van der Waals surface area contributed by atoms with Gasteiger partial charge < -0.3 is 8.92 Å². The molecule has 2 amide bonds. The Balaban J connectivity index is 1.57. The van der Waals surface area contributed by atoms with Crippen LogP contribution in [0.1, 0.15) is 11.1 Å². The van der Waals surface area contributed by atoms with Gasteiger partial charge >= 0.3 is 10.1 Å². The van der Waals surface area contributed by atoms with Crippen LogP contribution < -0.4 is 8.92 Å². The zero-order valence-corrected chi connectivity index (χ0v) is 20.6. The zero-order chi connectivity index (χ0) is 26.7. The third kappa shape index (κ3) is 5.62. The van der Waals surface area contributed by atoms with Crippen molar-refractivity contribution < 1.29 is 36.2 Å². The van der Waals surface area contributed by atoms with Gasteiger partial charge in [-0.2, -0.15) is 8.42 Å². The van der Waals surface area contributed by atoms with Gasteiger partial charge in [-0.15, -0.1) is 0 Å². The molecule has 10 nitrogen and oxygen atoms in total. The summed E-state index contributed by atoms with van der Waals surface area (Å²) < 4.78 is 48.9. The standard InChI is InChI=1S/C24H17FN2O8S2/c1-34-20-12-16(8-11-19(20)35-37(32,33)22-5-3-2-4-18(22)27(30)31)13-21-23(28)26(24(29)36-21)14-15-6-9-17(25)10-7-15/h2-13H,14H2,1H3/b21-13-. The van der Waals surface area contributed by atoms with Gasteiger partial charge in [0.05, 0.1) is 23.5 Å². The Kier molecular flexibility index (Phi) is 7.27.